The van der Waals surface area contributed by atoms with Crippen LogP contribution in [0.25, 0.3) is 0 Å². The highest BCUT2D eigenvalue weighted by atomic mass is 19.4. The van der Waals surface area contributed by atoms with Crippen LogP contribution in [0.3, 0.4) is 0 Å². The standard InChI is InChI=1S/C12H19F3N2O4/c1-3-4-16(8-12(13,14)15)10(20)17-6-11(2,7-17)21-5-9(18)19/h3-8H2,1-2H3,(H,18,19). The van der Waals surface area contributed by atoms with Crippen LogP contribution in [0.4, 0.5) is 18.0 Å². The summed E-state index contributed by atoms with van der Waals surface area (Å²) >= 11 is 0. The number of carbonyl (C=O) groups excluding carboxylic acids is 1. The third-order valence-corrected chi connectivity index (χ3v) is 3.00. The molecule has 1 saturated heterocycles. The molecule has 0 atom stereocenters. The van der Waals surface area contributed by atoms with Crippen molar-refractivity contribution < 1.29 is 32.6 Å². The van der Waals surface area contributed by atoms with Crippen LogP contribution in [0.15, 0.2) is 0 Å². The van der Waals surface area contributed by atoms with E-state index in [2.05, 4.69) is 0 Å². The van der Waals surface area contributed by atoms with Crippen LogP contribution in [0.5, 0.6) is 0 Å². The van der Waals surface area contributed by atoms with Gasteiger partial charge in [0, 0.05) is 6.54 Å². The Balaban J connectivity index is 2.53. The fourth-order valence-corrected chi connectivity index (χ4v) is 2.15. The van der Waals surface area contributed by atoms with Gasteiger partial charge >= 0.3 is 18.2 Å². The Labute approximate surface area is 120 Å². The number of nitrogens with zero attached hydrogens (tertiary/aromatic N) is 2. The number of carboxylic acids is 1. The van der Waals surface area contributed by atoms with E-state index in [9.17, 15) is 22.8 Å². The van der Waals surface area contributed by atoms with Crippen LogP contribution in [0, 0.1) is 0 Å². The smallest absolute Gasteiger partial charge is 0.406 e. The Morgan fingerprint density at radius 2 is 1.95 bits per heavy atom. The van der Waals surface area contributed by atoms with Gasteiger partial charge in [-0.15, -0.1) is 0 Å². The summed E-state index contributed by atoms with van der Waals surface area (Å²) in [5.41, 5.74) is -0.815. The number of halogens is 3. The summed E-state index contributed by atoms with van der Waals surface area (Å²) in [6.07, 6.45) is -4.03. The highest BCUT2D eigenvalue weighted by molar-refractivity contribution is 5.76. The van der Waals surface area contributed by atoms with Gasteiger partial charge in [-0.1, -0.05) is 6.92 Å². The van der Waals surface area contributed by atoms with Gasteiger partial charge < -0.3 is 19.6 Å². The summed E-state index contributed by atoms with van der Waals surface area (Å²) in [6.45, 7) is 1.69. The molecule has 9 heteroatoms. The zero-order valence-electron chi connectivity index (χ0n) is 11.9. The van der Waals surface area contributed by atoms with Crippen molar-refractivity contribution in [1.82, 2.24) is 9.80 Å². The minimum atomic E-state index is -4.45. The molecular formula is C12H19F3N2O4. The molecule has 21 heavy (non-hydrogen) atoms. The highest BCUT2D eigenvalue weighted by Gasteiger charge is 2.45. The first-order valence-electron chi connectivity index (χ1n) is 6.53. The van der Waals surface area contributed by atoms with E-state index in [1.807, 2.05) is 0 Å². The second-order valence-electron chi connectivity index (χ2n) is 5.31. The van der Waals surface area contributed by atoms with Crippen molar-refractivity contribution in [2.45, 2.75) is 32.0 Å². The SMILES string of the molecule is CCCN(CC(F)(F)F)C(=O)N1CC(C)(OCC(=O)O)C1. The number of alkyl halides is 3. The van der Waals surface area contributed by atoms with Crippen molar-refractivity contribution in [1.29, 1.82) is 0 Å². The molecule has 0 saturated carbocycles. The molecule has 0 unspecified atom stereocenters. The van der Waals surface area contributed by atoms with Crippen molar-refractivity contribution in [2.24, 2.45) is 0 Å². The van der Waals surface area contributed by atoms with Gasteiger partial charge in [0.1, 0.15) is 18.8 Å². The number of hydrogen-bond donors (Lipinski definition) is 1. The van der Waals surface area contributed by atoms with Gasteiger partial charge in [-0.2, -0.15) is 13.2 Å². The molecule has 0 aromatic carbocycles. The number of ether oxygens (including phenoxy) is 1. The molecule has 0 aromatic heterocycles. The molecule has 2 amide bonds. The minimum absolute atomic E-state index is 0.0154. The fraction of sp³-hybridized carbons (Fsp3) is 0.833. The number of carbonyl (C=O) groups is 2. The maximum atomic E-state index is 12.4. The zero-order chi connectivity index (χ0) is 16.3. The lowest BCUT2D eigenvalue weighted by Gasteiger charge is -2.48. The Bertz CT molecular complexity index is 394. The van der Waals surface area contributed by atoms with Crippen molar-refractivity contribution in [3.63, 3.8) is 0 Å². The highest BCUT2D eigenvalue weighted by Crippen LogP contribution is 2.27. The first-order valence-corrected chi connectivity index (χ1v) is 6.53. The van der Waals surface area contributed by atoms with E-state index in [1.165, 1.54) is 4.90 Å². The molecule has 0 aliphatic carbocycles. The molecule has 0 radical (unpaired) electrons. The number of carboxylic acid groups (broad SMARTS) is 1. The van der Waals surface area contributed by atoms with Crippen molar-refractivity contribution >= 4 is 12.0 Å². The molecule has 0 aromatic rings. The largest absolute Gasteiger partial charge is 0.480 e. The first-order chi connectivity index (χ1) is 9.56. The molecule has 0 bridgehead atoms. The van der Waals surface area contributed by atoms with Crippen LogP contribution in [0.1, 0.15) is 20.3 Å². The summed E-state index contributed by atoms with van der Waals surface area (Å²) in [5.74, 6) is -1.13. The van der Waals surface area contributed by atoms with Crippen LogP contribution < -0.4 is 0 Å². The quantitative estimate of drug-likeness (QED) is 0.808. The van der Waals surface area contributed by atoms with E-state index in [0.717, 1.165) is 4.90 Å². The van der Waals surface area contributed by atoms with Crippen LogP contribution >= 0.6 is 0 Å². The molecule has 1 fully saturated rings. The predicted octanol–water partition coefficient (Wildman–Crippen LogP) is 1.56. The number of amides is 2. The number of rotatable bonds is 6. The fourth-order valence-electron chi connectivity index (χ4n) is 2.15. The zero-order valence-corrected chi connectivity index (χ0v) is 11.9. The Morgan fingerprint density at radius 1 is 1.38 bits per heavy atom. The van der Waals surface area contributed by atoms with Gasteiger partial charge in [0.25, 0.3) is 0 Å². The first kappa shape index (κ1) is 17.5. The van der Waals surface area contributed by atoms with E-state index in [0.29, 0.717) is 6.42 Å². The molecule has 1 aliphatic heterocycles. The molecule has 1 rings (SSSR count). The van der Waals surface area contributed by atoms with E-state index < -0.39 is 36.9 Å². The average molecular weight is 312 g/mol. The Morgan fingerprint density at radius 3 is 2.38 bits per heavy atom. The van der Waals surface area contributed by atoms with Gasteiger partial charge in [-0.3, -0.25) is 0 Å². The molecule has 6 nitrogen and oxygen atoms in total. The van der Waals surface area contributed by atoms with E-state index in [4.69, 9.17) is 9.84 Å². The van der Waals surface area contributed by atoms with Gasteiger partial charge in [0.05, 0.1) is 13.1 Å². The summed E-state index contributed by atoms with van der Waals surface area (Å²) in [4.78, 5) is 24.4. The van der Waals surface area contributed by atoms with Gasteiger partial charge in [0.2, 0.25) is 0 Å². The summed E-state index contributed by atoms with van der Waals surface area (Å²) in [5, 5.41) is 8.52. The number of urea groups is 1. The normalized spacial score (nSPS) is 17.3. The van der Waals surface area contributed by atoms with E-state index in [1.54, 1.807) is 13.8 Å². The summed E-state index contributed by atoms with van der Waals surface area (Å²) in [7, 11) is 0. The maximum Gasteiger partial charge on any atom is 0.406 e. The molecule has 1 aliphatic rings. The summed E-state index contributed by atoms with van der Waals surface area (Å²) < 4.78 is 42.4. The molecule has 122 valence electrons. The average Bonchev–Trinajstić information content (AvgIpc) is 2.30. The van der Waals surface area contributed by atoms with E-state index >= 15 is 0 Å². The monoisotopic (exact) mass is 312 g/mol. The van der Waals surface area contributed by atoms with Crippen molar-refractivity contribution in [2.75, 3.05) is 32.8 Å². The second kappa shape index (κ2) is 6.50. The van der Waals surface area contributed by atoms with Crippen LogP contribution in [0.2, 0.25) is 0 Å². The third kappa shape index (κ3) is 5.41. The van der Waals surface area contributed by atoms with Crippen molar-refractivity contribution in [3.8, 4) is 0 Å². The minimum Gasteiger partial charge on any atom is -0.480 e. The topological polar surface area (TPSA) is 70.1 Å². The number of hydrogen-bond acceptors (Lipinski definition) is 3. The second-order valence-corrected chi connectivity index (χ2v) is 5.31. The third-order valence-electron chi connectivity index (χ3n) is 3.00. The molecule has 1 N–H and O–H groups in total. The van der Waals surface area contributed by atoms with Gasteiger partial charge in [-0.05, 0) is 13.3 Å². The lowest BCUT2D eigenvalue weighted by molar-refractivity contribution is -0.163. The van der Waals surface area contributed by atoms with Gasteiger partial charge in [0.15, 0.2) is 0 Å². The lowest BCUT2D eigenvalue weighted by atomic mass is 9.97. The number of aliphatic carboxylic acids is 1. The van der Waals surface area contributed by atoms with Gasteiger partial charge in [-0.25, -0.2) is 9.59 Å². The Hall–Kier alpha value is -1.51. The Kier molecular flexibility index (Phi) is 5.43. The predicted molar refractivity (Wildman–Crippen MR) is 66.9 cm³/mol. The molecular weight excluding hydrogens is 293 g/mol. The van der Waals surface area contributed by atoms with Crippen LogP contribution in [-0.4, -0.2) is 71.5 Å². The summed E-state index contributed by atoms with van der Waals surface area (Å²) in [6, 6.07) is -0.703. The van der Waals surface area contributed by atoms with E-state index in [-0.39, 0.29) is 19.6 Å². The number of likely N-dealkylation sites (tertiary alicyclic amines) is 1. The molecule has 0 spiro atoms. The maximum absolute atomic E-state index is 12.4. The van der Waals surface area contributed by atoms with Crippen LogP contribution in [-0.2, 0) is 9.53 Å². The lowest BCUT2D eigenvalue weighted by Crippen LogP contribution is -2.66. The molecule has 1 heterocycles. The van der Waals surface area contributed by atoms with Crippen molar-refractivity contribution in [3.05, 3.63) is 0 Å².